The minimum atomic E-state index is -0.846. The Morgan fingerprint density at radius 2 is 1.90 bits per heavy atom. The van der Waals surface area contributed by atoms with Crippen molar-refractivity contribution in [1.82, 2.24) is 4.57 Å². The van der Waals surface area contributed by atoms with Crippen molar-refractivity contribution in [2.45, 2.75) is 19.3 Å². The minimum Gasteiger partial charge on any atom is -0.481 e. The van der Waals surface area contributed by atoms with Gasteiger partial charge in [0, 0.05) is 35.6 Å². The number of hydrogen-bond acceptors (Lipinski definition) is 2. The predicted molar refractivity (Wildman–Crippen MR) is 75.7 cm³/mol. The summed E-state index contributed by atoms with van der Waals surface area (Å²) in [7, 11) is 1.91. The summed E-state index contributed by atoms with van der Waals surface area (Å²) in [6.07, 6.45) is 3.93. The molecule has 0 bridgehead atoms. The number of aryl methyl sites for hydroxylation is 1. The number of nitrogens with zero attached hydrogens (tertiary/aromatic N) is 1. The smallest absolute Gasteiger partial charge is 0.307 e. The van der Waals surface area contributed by atoms with Crippen molar-refractivity contribution in [1.29, 1.82) is 0 Å². The number of carbonyl (C=O) groups is 2. The predicted octanol–water partition coefficient (Wildman–Crippen LogP) is 2.86. The summed E-state index contributed by atoms with van der Waals surface area (Å²) >= 11 is 0. The standard InChI is InChI=1S/C16H17NO3/c1-17-9-13(10-5-2-3-8-14(10)17)15(18)11-6-4-7-12(11)16(19)20/h2-3,5,8-9,11-12H,4,6-7H2,1H3,(H,19,20). The molecule has 1 aromatic heterocycles. The number of carbonyl (C=O) groups excluding carboxylic acids is 1. The van der Waals surface area contributed by atoms with E-state index in [1.165, 1.54) is 0 Å². The summed E-state index contributed by atoms with van der Waals surface area (Å²) in [5.74, 6) is -1.77. The number of benzene rings is 1. The molecule has 1 aliphatic carbocycles. The highest BCUT2D eigenvalue weighted by Crippen LogP contribution is 2.36. The van der Waals surface area contributed by atoms with Crippen LogP contribution in [-0.2, 0) is 11.8 Å². The van der Waals surface area contributed by atoms with Gasteiger partial charge in [0.2, 0.25) is 0 Å². The first-order valence-corrected chi connectivity index (χ1v) is 6.90. The van der Waals surface area contributed by atoms with E-state index in [0.29, 0.717) is 18.4 Å². The van der Waals surface area contributed by atoms with Crippen LogP contribution in [0, 0.1) is 11.8 Å². The van der Waals surface area contributed by atoms with Crippen LogP contribution in [0.1, 0.15) is 29.6 Å². The van der Waals surface area contributed by atoms with Crippen LogP contribution in [0.4, 0.5) is 0 Å². The van der Waals surface area contributed by atoms with Crippen LogP contribution < -0.4 is 0 Å². The molecule has 1 aromatic carbocycles. The van der Waals surface area contributed by atoms with Crippen molar-refractivity contribution in [2.75, 3.05) is 0 Å². The number of para-hydroxylation sites is 1. The molecule has 3 rings (SSSR count). The number of fused-ring (bicyclic) bond motifs is 1. The maximum Gasteiger partial charge on any atom is 0.307 e. The molecule has 2 unspecified atom stereocenters. The molecule has 1 fully saturated rings. The Hall–Kier alpha value is -2.10. The number of hydrogen-bond donors (Lipinski definition) is 1. The summed E-state index contributed by atoms with van der Waals surface area (Å²) in [5.41, 5.74) is 1.65. The van der Waals surface area contributed by atoms with Gasteiger partial charge in [0.15, 0.2) is 5.78 Å². The van der Waals surface area contributed by atoms with Crippen LogP contribution in [0.25, 0.3) is 10.9 Å². The van der Waals surface area contributed by atoms with Gasteiger partial charge in [-0.05, 0) is 18.9 Å². The third-order valence-electron chi connectivity index (χ3n) is 4.33. The Morgan fingerprint density at radius 3 is 2.65 bits per heavy atom. The van der Waals surface area contributed by atoms with Gasteiger partial charge in [-0.15, -0.1) is 0 Å². The van der Waals surface area contributed by atoms with Gasteiger partial charge >= 0.3 is 5.97 Å². The molecule has 0 amide bonds. The molecule has 0 spiro atoms. The SMILES string of the molecule is Cn1cc(C(=O)C2CCCC2C(=O)O)c2ccccc21. The highest BCUT2D eigenvalue weighted by Gasteiger charge is 2.38. The van der Waals surface area contributed by atoms with Crippen LogP contribution in [-0.4, -0.2) is 21.4 Å². The summed E-state index contributed by atoms with van der Waals surface area (Å²) < 4.78 is 1.92. The average molecular weight is 271 g/mol. The zero-order chi connectivity index (χ0) is 14.3. The number of aliphatic carboxylic acids is 1. The molecule has 104 valence electrons. The number of aromatic nitrogens is 1. The van der Waals surface area contributed by atoms with Crippen LogP contribution in [0.5, 0.6) is 0 Å². The molecule has 1 heterocycles. The van der Waals surface area contributed by atoms with Gasteiger partial charge in [-0.2, -0.15) is 0 Å². The highest BCUT2D eigenvalue weighted by molar-refractivity contribution is 6.10. The van der Waals surface area contributed by atoms with Crippen LogP contribution in [0.3, 0.4) is 0 Å². The topological polar surface area (TPSA) is 59.3 Å². The quantitative estimate of drug-likeness (QED) is 0.873. The fraction of sp³-hybridized carbons (Fsp3) is 0.375. The highest BCUT2D eigenvalue weighted by atomic mass is 16.4. The van der Waals surface area contributed by atoms with Crippen LogP contribution >= 0.6 is 0 Å². The first kappa shape index (κ1) is 12.9. The Balaban J connectivity index is 2.03. The molecule has 0 saturated heterocycles. The second kappa shape index (κ2) is 4.78. The van der Waals surface area contributed by atoms with Crippen molar-refractivity contribution in [3.8, 4) is 0 Å². The molecule has 1 saturated carbocycles. The second-order valence-corrected chi connectivity index (χ2v) is 5.52. The molecule has 1 N–H and O–H groups in total. The van der Waals surface area contributed by atoms with E-state index < -0.39 is 11.9 Å². The van der Waals surface area contributed by atoms with Gasteiger partial charge in [0.05, 0.1) is 5.92 Å². The van der Waals surface area contributed by atoms with Gasteiger partial charge < -0.3 is 9.67 Å². The summed E-state index contributed by atoms with van der Waals surface area (Å²) in [6.45, 7) is 0. The molecular weight excluding hydrogens is 254 g/mol. The van der Waals surface area contributed by atoms with E-state index in [2.05, 4.69) is 0 Å². The van der Waals surface area contributed by atoms with Gasteiger partial charge in [-0.25, -0.2) is 0 Å². The Kier molecular flexibility index (Phi) is 3.08. The maximum atomic E-state index is 12.7. The van der Waals surface area contributed by atoms with Crippen molar-refractivity contribution < 1.29 is 14.7 Å². The number of Topliss-reactive ketones (excluding diaryl/α,β-unsaturated/α-hetero) is 1. The van der Waals surface area contributed by atoms with Gasteiger partial charge in [0.1, 0.15) is 0 Å². The zero-order valence-electron chi connectivity index (χ0n) is 11.4. The van der Waals surface area contributed by atoms with E-state index in [-0.39, 0.29) is 11.7 Å². The minimum absolute atomic E-state index is 0.0216. The van der Waals surface area contributed by atoms with E-state index >= 15 is 0 Å². The monoisotopic (exact) mass is 271 g/mol. The largest absolute Gasteiger partial charge is 0.481 e. The van der Waals surface area contributed by atoms with Gasteiger partial charge in [0.25, 0.3) is 0 Å². The molecule has 2 atom stereocenters. The van der Waals surface area contributed by atoms with Crippen molar-refractivity contribution in [3.05, 3.63) is 36.0 Å². The Labute approximate surface area is 117 Å². The molecule has 4 heteroatoms. The third-order valence-corrected chi connectivity index (χ3v) is 4.33. The van der Waals surface area contributed by atoms with Crippen molar-refractivity contribution in [3.63, 3.8) is 0 Å². The lowest BCUT2D eigenvalue weighted by atomic mass is 9.88. The van der Waals surface area contributed by atoms with E-state index in [4.69, 9.17) is 0 Å². The molecule has 2 aromatic rings. The molecule has 4 nitrogen and oxygen atoms in total. The molecule has 1 aliphatic rings. The normalized spacial score (nSPS) is 22.2. The lowest BCUT2D eigenvalue weighted by Crippen LogP contribution is -2.25. The number of carboxylic acid groups (broad SMARTS) is 1. The van der Waals surface area contributed by atoms with Crippen molar-refractivity contribution in [2.24, 2.45) is 18.9 Å². The molecular formula is C16H17NO3. The molecule has 0 aliphatic heterocycles. The maximum absolute atomic E-state index is 12.7. The van der Waals surface area contributed by atoms with E-state index in [1.54, 1.807) is 0 Å². The second-order valence-electron chi connectivity index (χ2n) is 5.52. The fourth-order valence-electron chi connectivity index (χ4n) is 3.31. The zero-order valence-corrected chi connectivity index (χ0v) is 11.4. The fourth-order valence-corrected chi connectivity index (χ4v) is 3.31. The molecule has 20 heavy (non-hydrogen) atoms. The lowest BCUT2D eigenvalue weighted by molar-refractivity contribution is -0.142. The van der Waals surface area contributed by atoms with Crippen LogP contribution in [0.15, 0.2) is 30.5 Å². The summed E-state index contributed by atoms with van der Waals surface area (Å²) in [4.78, 5) is 24.0. The van der Waals surface area contributed by atoms with E-state index in [9.17, 15) is 14.7 Å². The third kappa shape index (κ3) is 1.92. The number of ketones is 1. The van der Waals surface area contributed by atoms with Gasteiger partial charge in [-0.1, -0.05) is 24.6 Å². The summed E-state index contributed by atoms with van der Waals surface area (Å²) in [5, 5.41) is 10.2. The number of rotatable bonds is 3. The number of carboxylic acids is 1. The first-order valence-electron chi connectivity index (χ1n) is 6.90. The van der Waals surface area contributed by atoms with Crippen LogP contribution in [0.2, 0.25) is 0 Å². The van der Waals surface area contributed by atoms with E-state index in [1.807, 2.05) is 42.1 Å². The first-order chi connectivity index (χ1) is 9.59. The van der Waals surface area contributed by atoms with E-state index in [0.717, 1.165) is 17.3 Å². The Bertz CT molecular complexity index is 686. The average Bonchev–Trinajstić information content (AvgIpc) is 3.04. The van der Waals surface area contributed by atoms with Gasteiger partial charge in [-0.3, -0.25) is 9.59 Å². The van der Waals surface area contributed by atoms with Crippen molar-refractivity contribution >= 4 is 22.7 Å². The Morgan fingerprint density at radius 1 is 1.20 bits per heavy atom. The lowest BCUT2D eigenvalue weighted by Gasteiger charge is -2.13. The molecule has 0 radical (unpaired) electrons. The summed E-state index contributed by atoms with van der Waals surface area (Å²) in [6, 6.07) is 7.73.